The van der Waals surface area contributed by atoms with Gasteiger partial charge in [0.15, 0.2) is 0 Å². The maximum Gasteiger partial charge on any atom is -0.0169 e. The molecule has 98 valence electrons. The summed E-state index contributed by atoms with van der Waals surface area (Å²) < 4.78 is 0. The first kappa shape index (κ1) is 16.2. The zero-order chi connectivity index (χ0) is 12.6. The summed E-state index contributed by atoms with van der Waals surface area (Å²) in [4.78, 5) is 0. The van der Waals surface area contributed by atoms with E-state index in [0.29, 0.717) is 0 Å². The van der Waals surface area contributed by atoms with Crippen molar-refractivity contribution in [1.29, 1.82) is 0 Å². The third-order valence-electron chi connectivity index (χ3n) is 2.72. The largest absolute Gasteiger partial charge is 0.0885 e. The lowest BCUT2D eigenvalue weighted by Gasteiger charge is -1.93. The SMILES string of the molecule is CCC=CCC=CCCCCC=CCCCC. The third kappa shape index (κ3) is 15.2. The molecule has 0 aromatic carbocycles. The molecular formula is C17H30. The predicted molar refractivity (Wildman–Crippen MR) is 80.3 cm³/mol. The topological polar surface area (TPSA) is 0 Å². The molecule has 0 fully saturated rings. The van der Waals surface area contributed by atoms with Crippen LogP contribution in [0.25, 0.3) is 0 Å². The van der Waals surface area contributed by atoms with Gasteiger partial charge in [-0.15, -0.1) is 0 Å². The van der Waals surface area contributed by atoms with Crippen LogP contribution >= 0.6 is 0 Å². The van der Waals surface area contributed by atoms with E-state index in [9.17, 15) is 0 Å². The highest BCUT2D eigenvalue weighted by Crippen LogP contribution is 2.04. The Kier molecular flexibility index (Phi) is 14.5. The van der Waals surface area contributed by atoms with Gasteiger partial charge in [-0.05, 0) is 44.9 Å². The fourth-order valence-corrected chi connectivity index (χ4v) is 1.64. The summed E-state index contributed by atoms with van der Waals surface area (Å²) >= 11 is 0. The summed E-state index contributed by atoms with van der Waals surface area (Å²) in [6.45, 7) is 4.42. The van der Waals surface area contributed by atoms with Gasteiger partial charge in [-0.25, -0.2) is 0 Å². The number of allylic oxidation sites excluding steroid dienone is 6. The second-order valence-electron chi connectivity index (χ2n) is 4.48. The van der Waals surface area contributed by atoms with Crippen LogP contribution in [-0.4, -0.2) is 0 Å². The average Bonchev–Trinajstić information content (AvgIpc) is 2.35. The number of hydrogen-bond acceptors (Lipinski definition) is 0. The Bertz CT molecular complexity index is 208. The molecule has 0 heterocycles. The molecule has 0 amide bonds. The van der Waals surface area contributed by atoms with E-state index in [1.807, 2.05) is 0 Å². The van der Waals surface area contributed by atoms with Gasteiger partial charge in [-0.1, -0.05) is 63.1 Å². The van der Waals surface area contributed by atoms with Crippen LogP contribution < -0.4 is 0 Å². The van der Waals surface area contributed by atoms with Crippen LogP contribution in [0, 0.1) is 0 Å². The minimum Gasteiger partial charge on any atom is -0.0885 e. The van der Waals surface area contributed by atoms with Gasteiger partial charge in [-0.2, -0.15) is 0 Å². The third-order valence-corrected chi connectivity index (χ3v) is 2.72. The second-order valence-corrected chi connectivity index (χ2v) is 4.48. The molecule has 0 N–H and O–H groups in total. The second kappa shape index (κ2) is 15.2. The van der Waals surface area contributed by atoms with E-state index in [1.165, 1.54) is 44.9 Å². The van der Waals surface area contributed by atoms with Gasteiger partial charge in [0.2, 0.25) is 0 Å². The van der Waals surface area contributed by atoms with Gasteiger partial charge >= 0.3 is 0 Å². The first-order valence-electron chi connectivity index (χ1n) is 7.36. The molecule has 0 heteroatoms. The van der Waals surface area contributed by atoms with Crippen molar-refractivity contribution in [2.24, 2.45) is 0 Å². The zero-order valence-corrected chi connectivity index (χ0v) is 11.8. The molecule has 0 aromatic rings. The summed E-state index contributed by atoms with van der Waals surface area (Å²) in [5.41, 5.74) is 0. The molecule has 0 radical (unpaired) electrons. The maximum atomic E-state index is 2.35. The van der Waals surface area contributed by atoms with E-state index in [1.54, 1.807) is 0 Å². The Morgan fingerprint density at radius 3 is 1.71 bits per heavy atom. The highest BCUT2D eigenvalue weighted by molar-refractivity contribution is 4.92. The molecule has 0 nitrogen and oxygen atoms in total. The van der Waals surface area contributed by atoms with Gasteiger partial charge in [0.05, 0.1) is 0 Å². The lowest BCUT2D eigenvalue weighted by atomic mass is 10.1. The van der Waals surface area contributed by atoms with Crippen molar-refractivity contribution in [2.45, 2.75) is 71.6 Å². The smallest absolute Gasteiger partial charge is 0.0169 e. The molecule has 0 unspecified atom stereocenters. The molecule has 0 atom stereocenters. The van der Waals surface area contributed by atoms with E-state index in [2.05, 4.69) is 50.3 Å². The first-order chi connectivity index (χ1) is 8.41. The summed E-state index contributed by atoms with van der Waals surface area (Å²) in [7, 11) is 0. The van der Waals surface area contributed by atoms with Crippen LogP contribution in [-0.2, 0) is 0 Å². The van der Waals surface area contributed by atoms with Crippen molar-refractivity contribution in [3.05, 3.63) is 36.5 Å². The van der Waals surface area contributed by atoms with Crippen LogP contribution in [0.1, 0.15) is 71.6 Å². The lowest BCUT2D eigenvalue weighted by Crippen LogP contribution is -1.73. The first-order valence-corrected chi connectivity index (χ1v) is 7.36. The van der Waals surface area contributed by atoms with Crippen molar-refractivity contribution in [1.82, 2.24) is 0 Å². The molecular weight excluding hydrogens is 204 g/mol. The summed E-state index contributed by atoms with van der Waals surface area (Å²) in [6.07, 6.45) is 25.1. The van der Waals surface area contributed by atoms with Gasteiger partial charge in [-0.3, -0.25) is 0 Å². The van der Waals surface area contributed by atoms with Crippen LogP contribution in [0.2, 0.25) is 0 Å². The molecule has 0 aromatic heterocycles. The van der Waals surface area contributed by atoms with Crippen LogP contribution in [0.5, 0.6) is 0 Å². The standard InChI is InChI=1S/C17H30/c1-3-5-7-9-11-13-15-17-16-14-12-10-8-6-4-2/h5,7,10-13H,3-4,6,8-9,14-17H2,1-2H3. The van der Waals surface area contributed by atoms with Crippen molar-refractivity contribution in [2.75, 3.05) is 0 Å². The molecule has 0 spiro atoms. The fraction of sp³-hybridized carbons (Fsp3) is 0.647. The van der Waals surface area contributed by atoms with E-state index < -0.39 is 0 Å². The van der Waals surface area contributed by atoms with Gasteiger partial charge < -0.3 is 0 Å². The minimum atomic E-state index is 1.10. The van der Waals surface area contributed by atoms with Crippen molar-refractivity contribution in [3.63, 3.8) is 0 Å². The van der Waals surface area contributed by atoms with Gasteiger partial charge in [0, 0.05) is 0 Å². The maximum absolute atomic E-state index is 2.35. The Labute approximate surface area is 109 Å². The summed E-state index contributed by atoms with van der Waals surface area (Å²) in [6, 6.07) is 0. The molecule has 0 saturated heterocycles. The molecule has 0 rings (SSSR count). The van der Waals surface area contributed by atoms with E-state index >= 15 is 0 Å². The zero-order valence-electron chi connectivity index (χ0n) is 11.8. The minimum absolute atomic E-state index is 1.10. The van der Waals surface area contributed by atoms with Crippen LogP contribution in [0.15, 0.2) is 36.5 Å². The number of rotatable bonds is 11. The normalized spacial score (nSPS) is 12.4. The average molecular weight is 234 g/mol. The number of hydrogen-bond donors (Lipinski definition) is 0. The molecule has 0 saturated carbocycles. The Hall–Kier alpha value is -0.780. The van der Waals surface area contributed by atoms with Crippen molar-refractivity contribution in [3.8, 4) is 0 Å². The molecule has 17 heavy (non-hydrogen) atoms. The highest BCUT2D eigenvalue weighted by atomic mass is 13.9. The van der Waals surface area contributed by atoms with E-state index in [4.69, 9.17) is 0 Å². The highest BCUT2D eigenvalue weighted by Gasteiger charge is 1.83. The monoisotopic (exact) mass is 234 g/mol. The van der Waals surface area contributed by atoms with Gasteiger partial charge in [0.1, 0.15) is 0 Å². The van der Waals surface area contributed by atoms with Crippen LogP contribution in [0.3, 0.4) is 0 Å². The molecule has 0 bridgehead atoms. The summed E-state index contributed by atoms with van der Waals surface area (Å²) in [5.74, 6) is 0. The van der Waals surface area contributed by atoms with E-state index in [0.717, 1.165) is 12.8 Å². The predicted octanol–water partition coefficient (Wildman–Crippen LogP) is 6.21. The Balaban J connectivity index is 3.17. The molecule has 0 aliphatic carbocycles. The molecule has 0 aliphatic rings. The lowest BCUT2D eigenvalue weighted by molar-refractivity contribution is 0.755. The van der Waals surface area contributed by atoms with Crippen molar-refractivity contribution >= 4 is 0 Å². The fourth-order valence-electron chi connectivity index (χ4n) is 1.64. The van der Waals surface area contributed by atoms with E-state index in [-0.39, 0.29) is 0 Å². The molecule has 0 aliphatic heterocycles. The Morgan fingerprint density at radius 2 is 1.12 bits per heavy atom. The van der Waals surface area contributed by atoms with Gasteiger partial charge in [0.25, 0.3) is 0 Å². The number of unbranched alkanes of at least 4 members (excludes halogenated alkanes) is 5. The summed E-state index contributed by atoms with van der Waals surface area (Å²) in [5, 5.41) is 0. The quantitative estimate of drug-likeness (QED) is 0.295. The van der Waals surface area contributed by atoms with Crippen LogP contribution in [0.4, 0.5) is 0 Å². The van der Waals surface area contributed by atoms with Crippen molar-refractivity contribution < 1.29 is 0 Å². The Morgan fingerprint density at radius 1 is 0.588 bits per heavy atom.